The van der Waals surface area contributed by atoms with Crippen LogP contribution in [0.3, 0.4) is 0 Å². The molecular weight excluding hydrogens is 228 g/mol. The lowest BCUT2D eigenvalue weighted by Gasteiger charge is -2.06. The molecule has 0 N–H and O–H groups in total. The van der Waals surface area contributed by atoms with Crippen LogP contribution in [-0.2, 0) is 0 Å². The highest BCUT2D eigenvalue weighted by Crippen LogP contribution is 2.26. The van der Waals surface area contributed by atoms with Crippen molar-refractivity contribution < 1.29 is 9.53 Å². The van der Waals surface area contributed by atoms with E-state index in [9.17, 15) is 4.79 Å². The first-order valence-electron chi connectivity index (χ1n) is 5.27. The minimum atomic E-state index is 0.473. The molecule has 0 radical (unpaired) electrons. The van der Waals surface area contributed by atoms with Gasteiger partial charge >= 0.3 is 0 Å². The van der Waals surface area contributed by atoms with Crippen LogP contribution < -0.4 is 4.74 Å². The van der Waals surface area contributed by atoms with E-state index in [2.05, 4.69) is 11.1 Å². The topological polar surface area (TPSA) is 63.0 Å². The molecule has 88 valence electrons. The molecule has 4 nitrogen and oxygen atoms in total. The summed E-state index contributed by atoms with van der Waals surface area (Å²) >= 11 is 0. The number of nitrogens with zero attached hydrogens (tertiary/aromatic N) is 2. The average Bonchev–Trinajstić information content (AvgIpc) is 2.46. The number of carbonyl (C=O) groups excluding carboxylic acids is 1. The normalized spacial score (nSPS) is 9.56. The summed E-state index contributed by atoms with van der Waals surface area (Å²) in [5.41, 5.74) is 2.64. The van der Waals surface area contributed by atoms with Gasteiger partial charge < -0.3 is 4.74 Å². The molecule has 1 heterocycles. The van der Waals surface area contributed by atoms with Crippen molar-refractivity contribution in [2.24, 2.45) is 0 Å². The third-order valence-corrected chi connectivity index (χ3v) is 2.55. The number of methoxy groups -OCH3 is 1. The van der Waals surface area contributed by atoms with Gasteiger partial charge in [-0.25, -0.2) is 0 Å². The van der Waals surface area contributed by atoms with E-state index in [0.717, 1.165) is 17.4 Å². The Labute approximate surface area is 104 Å². The first kappa shape index (κ1) is 11.8. The summed E-state index contributed by atoms with van der Waals surface area (Å²) in [5, 5.41) is 8.90. The molecule has 4 heteroatoms. The Bertz CT molecular complexity index is 630. The molecule has 18 heavy (non-hydrogen) atoms. The summed E-state index contributed by atoms with van der Waals surface area (Å²) in [6, 6.07) is 9.02. The quantitative estimate of drug-likeness (QED) is 0.770. The highest BCUT2D eigenvalue weighted by atomic mass is 16.5. The maximum atomic E-state index is 10.7. The lowest BCUT2D eigenvalue weighted by atomic mass is 10.0. The van der Waals surface area contributed by atoms with Crippen LogP contribution in [0.5, 0.6) is 5.75 Å². The van der Waals surface area contributed by atoms with E-state index < -0.39 is 0 Å². The number of benzene rings is 1. The maximum absolute atomic E-state index is 10.7. The Morgan fingerprint density at radius 2 is 2.11 bits per heavy atom. The lowest BCUT2D eigenvalue weighted by Crippen LogP contribution is -1.90. The molecule has 2 rings (SSSR count). The van der Waals surface area contributed by atoms with Gasteiger partial charge in [0.1, 0.15) is 11.8 Å². The van der Waals surface area contributed by atoms with Crippen LogP contribution in [0.2, 0.25) is 0 Å². The molecule has 0 atom stereocenters. The number of aromatic nitrogens is 1. The summed E-state index contributed by atoms with van der Waals surface area (Å²) in [5.74, 6) is 0.506. The lowest BCUT2D eigenvalue weighted by molar-refractivity contribution is 0.112. The van der Waals surface area contributed by atoms with Crippen LogP contribution in [-0.4, -0.2) is 18.4 Å². The fourth-order valence-electron chi connectivity index (χ4n) is 1.64. The number of aldehydes is 1. The van der Waals surface area contributed by atoms with Crippen LogP contribution >= 0.6 is 0 Å². The molecule has 1 aromatic heterocycles. The summed E-state index contributed by atoms with van der Waals surface area (Å²) in [6.07, 6.45) is 3.91. The molecule has 0 amide bonds. The largest absolute Gasteiger partial charge is 0.495 e. The second-order valence-electron chi connectivity index (χ2n) is 3.65. The number of rotatable bonds is 3. The molecule has 1 aromatic carbocycles. The molecule has 0 bridgehead atoms. The van der Waals surface area contributed by atoms with Crippen LogP contribution in [0.4, 0.5) is 0 Å². The fraction of sp³-hybridized carbons (Fsp3) is 0.0714. The number of hydrogen-bond donors (Lipinski definition) is 0. The summed E-state index contributed by atoms with van der Waals surface area (Å²) in [6.45, 7) is 0. The average molecular weight is 238 g/mol. The van der Waals surface area contributed by atoms with Gasteiger partial charge in [-0.1, -0.05) is 6.07 Å². The molecule has 0 aliphatic heterocycles. The highest BCUT2D eigenvalue weighted by Gasteiger charge is 2.06. The predicted octanol–water partition coefficient (Wildman–Crippen LogP) is 2.44. The standard InChI is InChI=1S/C14H10N2O2/c1-18-14-5-11(2-3-12(14)6-15)13-4-10(9-17)7-16-8-13/h2-5,7-9H,1H3. The number of pyridine rings is 1. The van der Waals surface area contributed by atoms with Gasteiger partial charge in [0.2, 0.25) is 0 Å². The zero-order valence-corrected chi connectivity index (χ0v) is 9.75. The molecule has 0 saturated heterocycles. The van der Waals surface area contributed by atoms with Crippen molar-refractivity contribution in [2.75, 3.05) is 7.11 Å². The van der Waals surface area contributed by atoms with Gasteiger partial charge in [-0.2, -0.15) is 5.26 Å². The van der Waals surface area contributed by atoms with Crippen molar-refractivity contribution in [3.8, 4) is 22.9 Å². The minimum Gasteiger partial charge on any atom is -0.495 e. The highest BCUT2D eigenvalue weighted by molar-refractivity contribution is 5.78. The molecule has 0 aliphatic rings. The fourth-order valence-corrected chi connectivity index (χ4v) is 1.64. The van der Waals surface area contributed by atoms with E-state index in [0.29, 0.717) is 16.9 Å². The predicted molar refractivity (Wildman–Crippen MR) is 66.3 cm³/mol. The van der Waals surface area contributed by atoms with Crippen LogP contribution in [0.1, 0.15) is 15.9 Å². The van der Waals surface area contributed by atoms with E-state index in [-0.39, 0.29) is 0 Å². The molecule has 0 fully saturated rings. The first-order chi connectivity index (χ1) is 8.78. The Kier molecular flexibility index (Phi) is 3.35. The van der Waals surface area contributed by atoms with Crippen molar-refractivity contribution in [3.63, 3.8) is 0 Å². The van der Waals surface area contributed by atoms with Gasteiger partial charge in [-0.15, -0.1) is 0 Å². The van der Waals surface area contributed by atoms with E-state index in [1.54, 1.807) is 30.5 Å². The van der Waals surface area contributed by atoms with Crippen LogP contribution in [0, 0.1) is 11.3 Å². The Balaban J connectivity index is 2.51. The Hall–Kier alpha value is -2.67. The number of ether oxygens (including phenoxy) is 1. The van der Waals surface area contributed by atoms with Crippen molar-refractivity contribution in [3.05, 3.63) is 47.8 Å². The zero-order valence-electron chi connectivity index (χ0n) is 9.75. The number of hydrogen-bond acceptors (Lipinski definition) is 4. The van der Waals surface area contributed by atoms with Crippen LogP contribution in [0.15, 0.2) is 36.7 Å². The van der Waals surface area contributed by atoms with Crippen molar-refractivity contribution >= 4 is 6.29 Å². The third kappa shape index (κ3) is 2.20. The second kappa shape index (κ2) is 5.11. The molecular formula is C14H10N2O2. The summed E-state index contributed by atoms with van der Waals surface area (Å²) in [4.78, 5) is 14.7. The molecule has 0 aliphatic carbocycles. The van der Waals surface area contributed by atoms with Gasteiger partial charge in [0.05, 0.1) is 12.7 Å². The summed E-state index contributed by atoms with van der Waals surface area (Å²) < 4.78 is 5.14. The van der Waals surface area contributed by atoms with Gasteiger partial charge in [-0.3, -0.25) is 9.78 Å². The van der Waals surface area contributed by atoms with E-state index in [1.807, 2.05) is 0 Å². The minimum absolute atomic E-state index is 0.473. The van der Waals surface area contributed by atoms with E-state index in [1.165, 1.54) is 13.3 Å². The van der Waals surface area contributed by atoms with Gasteiger partial charge in [0, 0.05) is 23.5 Å². The smallest absolute Gasteiger partial charge is 0.151 e. The molecule has 2 aromatic rings. The van der Waals surface area contributed by atoms with E-state index in [4.69, 9.17) is 10.00 Å². The van der Waals surface area contributed by atoms with Crippen molar-refractivity contribution in [1.29, 1.82) is 5.26 Å². The van der Waals surface area contributed by atoms with E-state index >= 15 is 0 Å². The third-order valence-electron chi connectivity index (χ3n) is 2.55. The monoisotopic (exact) mass is 238 g/mol. The zero-order chi connectivity index (χ0) is 13.0. The van der Waals surface area contributed by atoms with Gasteiger partial charge in [0.15, 0.2) is 6.29 Å². The maximum Gasteiger partial charge on any atom is 0.151 e. The Morgan fingerprint density at radius 3 is 2.78 bits per heavy atom. The number of carbonyl (C=O) groups is 1. The van der Waals surface area contributed by atoms with Crippen LogP contribution in [0.25, 0.3) is 11.1 Å². The van der Waals surface area contributed by atoms with Gasteiger partial charge in [-0.05, 0) is 23.8 Å². The summed E-state index contributed by atoms with van der Waals surface area (Å²) in [7, 11) is 1.51. The molecule has 0 spiro atoms. The Morgan fingerprint density at radius 1 is 1.28 bits per heavy atom. The number of nitriles is 1. The van der Waals surface area contributed by atoms with Gasteiger partial charge in [0.25, 0.3) is 0 Å². The van der Waals surface area contributed by atoms with Crippen molar-refractivity contribution in [1.82, 2.24) is 4.98 Å². The van der Waals surface area contributed by atoms with Crippen molar-refractivity contribution in [2.45, 2.75) is 0 Å². The molecule has 0 saturated carbocycles. The first-order valence-corrected chi connectivity index (χ1v) is 5.27. The second-order valence-corrected chi connectivity index (χ2v) is 3.65. The SMILES string of the molecule is COc1cc(-c2cncc(C=O)c2)ccc1C#N. The molecule has 0 unspecified atom stereocenters.